The number of H-pyrrole nitrogens is 2. The van der Waals surface area contributed by atoms with Gasteiger partial charge in [0.1, 0.15) is 24.0 Å². The van der Waals surface area contributed by atoms with Gasteiger partial charge >= 0.3 is 5.95 Å². The second-order valence-electron chi connectivity index (χ2n) is 8.66. The van der Waals surface area contributed by atoms with E-state index < -0.39 is 29.8 Å². The monoisotopic (exact) mass is 512 g/mol. The standard InChI is InChI=1S/C25H24F3N7O2/c1-37-20-9-13-3-6-35(7-4-26)12-14(13)8-18(20)32-25-33-23-16(2-5-30-23)24(34-25)31-19-11-15(27)10-17(28)21(19)22(29)36/h2,5,8-11H,3-4,6-7,12H2,1H3,(H2,29,36)(H3,30,31,32,33,34)/p+1. The summed E-state index contributed by atoms with van der Waals surface area (Å²) in [5.41, 5.74) is 8.05. The number of carbonyl (C=O) groups excluding carboxylic acids is 1. The molecule has 2 aromatic heterocycles. The zero-order valence-electron chi connectivity index (χ0n) is 19.9. The van der Waals surface area contributed by atoms with Crippen LogP contribution in [0.2, 0.25) is 0 Å². The third-order valence-corrected chi connectivity index (χ3v) is 6.29. The molecule has 6 N–H and O–H groups in total. The third-order valence-electron chi connectivity index (χ3n) is 6.29. The van der Waals surface area contributed by atoms with Crippen molar-refractivity contribution in [2.75, 3.05) is 37.5 Å². The van der Waals surface area contributed by atoms with Crippen LogP contribution >= 0.6 is 0 Å². The van der Waals surface area contributed by atoms with Crippen LogP contribution in [0.15, 0.2) is 36.5 Å². The Morgan fingerprint density at radius 1 is 1.22 bits per heavy atom. The number of carbonyl (C=O) groups is 1. The van der Waals surface area contributed by atoms with E-state index in [2.05, 4.69) is 25.6 Å². The van der Waals surface area contributed by atoms with E-state index in [1.54, 1.807) is 19.4 Å². The molecule has 0 atom stereocenters. The van der Waals surface area contributed by atoms with Gasteiger partial charge in [0.2, 0.25) is 11.5 Å². The first-order valence-corrected chi connectivity index (χ1v) is 11.6. The Morgan fingerprint density at radius 2 is 2.05 bits per heavy atom. The van der Waals surface area contributed by atoms with Crippen LogP contribution in [-0.4, -0.2) is 47.6 Å². The molecule has 192 valence electrons. The number of ether oxygens (including phenoxy) is 1. The maximum atomic E-state index is 14.3. The molecule has 12 heteroatoms. The van der Waals surface area contributed by atoms with Crippen molar-refractivity contribution in [3.05, 3.63) is 64.9 Å². The summed E-state index contributed by atoms with van der Waals surface area (Å²) in [7, 11) is 1.56. The van der Waals surface area contributed by atoms with E-state index in [1.165, 1.54) is 0 Å². The Bertz CT molecular complexity index is 1490. The van der Waals surface area contributed by atoms with Gasteiger partial charge in [0.15, 0.2) is 5.75 Å². The van der Waals surface area contributed by atoms with Crippen molar-refractivity contribution in [3.8, 4) is 5.75 Å². The summed E-state index contributed by atoms with van der Waals surface area (Å²) in [5.74, 6) is -1.91. The van der Waals surface area contributed by atoms with E-state index >= 15 is 0 Å². The van der Waals surface area contributed by atoms with Crippen LogP contribution in [-0.2, 0) is 13.0 Å². The van der Waals surface area contributed by atoms with E-state index in [0.717, 1.165) is 30.2 Å². The molecule has 0 bridgehead atoms. The van der Waals surface area contributed by atoms with Crippen LogP contribution in [0.25, 0.3) is 11.0 Å². The van der Waals surface area contributed by atoms with Crippen molar-refractivity contribution in [2.24, 2.45) is 5.73 Å². The Morgan fingerprint density at radius 3 is 2.81 bits per heavy atom. The minimum Gasteiger partial charge on any atom is -0.493 e. The quantitative estimate of drug-likeness (QED) is 0.286. The molecule has 37 heavy (non-hydrogen) atoms. The van der Waals surface area contributed by atoms with E-state index in [-0.39, 0.29) is 17.5 Å². The van der Waals surface area contributed by atoms with Crippen LogP contribution in [0.5, 0.6) is 5.75 Å². The molecule has 3 heterocycles. The second kappa shape index (κ2) is 9.97. The first kappa shape index (κ1) is 24.4. The molecule has 0 saturated heterocycles. The molecule has 4 aromatic rings. The average molecular weight is 513 g/mol. The lowest BCUT2D eigenvalue weighted by molar-refractivity contribution is -0.333. The highest BCUT2D eigenvalue weighted by molar-refractivity contribution is 6.00. The molecule has 0 saturated carbocycles. The zero-order chi connectivity index (χ0) is 26.1. The van der Waals surface area contributed by atoms with Crippen LogP contribution < -0.4 is 26.1 Å². The van der Waals surface area contributed by atoms with Gasteiger partial charge in [-0.1, -0.05) is 4.98 Å². The fourth-order valence-electron chi connectivity index (χ4n) is 4.54. The summed E-state index contributed by atoms with van der Waals surface area (Å²) in [5, 5.41) is 6.62. The lowest BCUT2D eigenvalue weighted by atomic mass is 9.98. The number of primary amides is 1. The summed E-state index contributed by atoms with van der Waals surface area (Å²) in [6.45, 7) is 1.34. The molecule has 1 amide bonds. The highest BCUT2D eigenvalue weighted by Crippen LogP contribution is 2.34. The van der Waals surface area contributed by atoms with Crippen LogP contribution in [0.4, 0.5) is 36.3 Å². The number of aromatic amines is 2. The Labute approximate surface area is 209 Å². The molecular weight excluding hydrogens is 487 g/mol. The molecule has 0 spiro atoms. The summed E-state index contributed by atoms with van der Waals surface area (Å²) in [6.07, 6.45) is 2.45. The van der Waals surface area contributed by atoms with Gasteiger partial charge < -0.3 is 15.8 Å². The molecule has 1 aliphatic heterocycles. The largest absolute Gasteiger partial charge is 0.493 e. The van der Waals surface area contributed by atoms with Crippen LogP contribution in [0.3, 0.4) is 0 Å². The van der Waals surface area contributed by atoms with Crippen LogP contribution in [0, 0.1) is 11.6 Å². The lowest BCUT2D eigenvalue weighted by Crippen LogP contribution is -2.32. The summed E-state index contributed by atoms with van der Waals surface area (Å²) in [4.78, 5) is 24.6. The number of halogens is 3. The minimum absolute atomic E-state index is 0.156. The van der Waals surface area contributed by atoms with Gasteiger partial charge in [0.05, 0.1) is 23.7 Å². The van der Waals surface area contributed by atoms with E-state index in [9.17, 15) is 18.0 Å². The molecular formula is C25H25F3N7O2+. The predicted molar refractivity (Wildman–Crippen MR) is 132 cm³/mol. The number of aromatic nitrogens is 3. The molecule has 1 aliphatic rings. The SMILES string of the molecule is COc1cc2c(cc1Nc1nc(Nc3cc(F)cc(F)c3C(N)=O)c3cc[nH]c3[nH+]1)CN(CCF)CC2. The van der Waals surface area contributed by atoms with Gasteiger partial charge in [0, 0.05) is 31.9 Å². The topological polar surface area (TPSA) is 122 Å². The first-order valence-electron chi connectivity index (χ1n) is 11.6. The van der Waals surface area contributed by atoms with E-state index in [1.807, 2.05) is 17.0 Å². The van der Waals surface area contributed by atoms with Crippen molar-refractivity contribution in [1.82, 2.24) is 14.9 Å². The Balaban J connectivity index is 1.52. The van der Waals surface area contributed by atoms with Gasteiger partial charge in [-0.3, -0.25) is 20.0 Å². The normalized spacial score (nSPS) is 13.4. The number of nitrogens with zero attached hydrogens (tertiary/aromatic N) is 2. The number of benzene rings is 2. The fraction of sp³-hybridized carbons (Fsp3) is 0.240. The number of methoxy groups -OCH3 is 1. The van der Waals surface area contributed by atoms with Gasteiger partial charge in [-0.05, 0) is 41.8 Å². The molecule has 9 nitrogen and oxygen atoms in total. The second-order valence-corrected chi connectivity index (χ2v) is 8.66. The average Bonchev–Trinajstić information content (AvgIpc) is 3.32. The number of nitrogens with one attached hydrogen (secondary N) is 4. The summed E-state index contributed by atoms with van der Waals surface area (Å²) < 4.78 is 46.8. The molecule has 5 rings (SSSR count). The molecule has 0 radical (unpaired) electrons. The number of anilines is 4. The molecule has 0 unspecified atom stereocenters. The highest BCUT2D eigenvalue weighted by Gasteiger charge is 2.23. The van der Waals surface area contributed by atoms with Gasteiger partial charge in [-0.15, -0.1) is 0 Å². The predicted octanol–water partition coefficient (Wildman–Crippen LogP) is 3.58. The first-order chi connectivity index (χ1) is 17.9. The number of alkyl halides is 1. The van der Waals surface area contributed by atoms with E-state index in [0.29, 0.717) is 41.6 Å². The van der Waals surface area contributed by atoms with Gasteiger partial charge in [-0.25, -0.2) is 18.2 Å². The van der Waals surface area contributed by atoms with Crippen LogP contribution in [0.1, 0.15) is 21.5 Å². The summed E-state index contributed by atoms with van der Waals surface area (Å²) >= 11 is 0. The number of hydrogen-bond donors (Lipinski definition) is 4. The third kappa shape index (κ3) is 4.87. The number of hydrogen-bond acceptors (Lipinski definition) is 6. The fourth-order valence-corrected chi connectivity index (χ4v) is 4.54. The van der Waals surface area contributed by atoms with Crippen molar-refractivity contribution < 1.29 is 27.7 Å². The van der Waals surface area contributed by atoms with Gasteiger partial charge in [0.25, 0.3) is 5.91 Å². The zero-order valence-corrected chi connectivity index (χ0v) is 19.9. The molecule has 2 aromatic carbocycles. The number of amides is 1. The lowest BCUT2D eigenvalue weighted by Gasteiger charge is -2.28. The number of fused-ring (bicyclic) bond motifs is 2. The number of rotatable bonds is 8. The van der Waals surface area contributed by atoms with Crippen molar-refractivity contribution >= 4 is 40.1 Å². The van der Waals surface area contributed by atoms with Crippen molar-refractivity contribution in [2.45, 2.75) is 13.0 Å². The van der Waals surface area contributed by atoms with E-state index in [4.69, 9.17) is 10.5 Å². The minimum atomic E-state index is -1.08. The van der Waals surface area contributed by atoms with Crippen molar-refractivity contribution in [1.29, 1.82) is 0 Å². The Kier molecular flexibility index (Phi) is 6.57. The highest BCUT2D eigenvalue weighted by atomic mass is 19.1. The molecule has 0 fully saturated rings. The van der Waals surface area contributed by atoms with Gasteiger partial charge in [-0.2, -0.15) is 0 Å². The molecule has 0 aliphatic carbocycles. The Hall–Kier alpha value is -4.32. The maximum absolute atomic E-state index is 14.3. The number of nitrogens with two attached hydrogens (primary N) is 1. The summed E-state index contributed by atoms with van der Waals surface area (Å²) in [6, 6.07) is 7.17. The van der Waals surface area contributed by atoms with Crippen molar-refractivity contribution in [3.63, 3.8) is 0 Å². The maximum Gasteiger partial charge on any atom is 0.351 e. The smallest absolute Gasteiger partial charge is 0.351 e.